The molecule has 1 fully saturated rings. The van der Waals surface area contributed by atoms with Crippen molar-refractivity contribution in [1.29, 1.82) is 0 Å². The molecule has 1 N–H and O–H groups in total. The minimum atomic E-state index is -4.48. The maximum atomic E-state index is 12.8. The number of nitrogens with one attached hydrogen (secondary N) is 1. The molecule has 188 valence electrons. The third-order valence-electron chi connectivity index (χ3n) is 5.85. The predicted molar refractivity (Wildman–Crippen MR) is 137 cm³/mol. The number of thiocarbonyl (C=S) groups is 1. The van der Waals surface area contributed by atoms with Crippen molar-refractivity contribution in [3.05, 3.63) is 95.6 Å². The first kappa shape index (κ1) is 25.7. The summed E-state index contributed by atoms with van der Waals surface area (Å²) in [4.78, 5) is 17.5. The maximum Gasteiger partial charge on any atom is 0.416 e. The van der Waals surface area contributed by atoms with Crippen LogP contribution >= 0.6 is 12.2 Å². The van der Waals surface area contributed by atoms with Crippen molar-refractivity contribution in [3.8, 4) is 5.75 Å². The van der Waals surface area contributed by atoms with Crippen LogP contribution in [0.2, 0.25) is 0 Å². The molecule has 1 heterocycles. The highest BCUT2D eigenvalue weighted by molar-refractivity contribution is 7.80. The monoisotopic (exact) mass is 513 g/mol. The van der Waals surface area contributed by atoms with Crippen LogP contribution in [0.4, 0.5) is 18.9 Å². The van der Waals surface area contributed by atoms with E-state index in [9.17, 15) is 18.0 Å². The van der Waals surface area contributed by atoms with Crippen molar-refractivity contribution >= 4 is 28.8 Å². The maximum absolute atomic E-state index is 12.8. The van der Waals surface area contributed by atoms with Gasteiger partial charge in [0, 0.05) is 44.0 Å². The molecular weight excluding hydrogens is 487 g/mol. The van der Waals surface area contributed by atoms with E-state index < -0.39 is 17.6 Å². The van der Waals surface area contributed by atoms with Crippen LogP contribution in [0.15, 0.2) is 78.9 Å². The van der Waals surface area contributed by atoms with E-state index >= 15 is 0 Å². The number of carbonyl (C=O) groups excluding carboxylic acids is 1. The van der Waals surface area contributed by atoms with Crippen molar-refractivity contribution < 1.29 is 22.7 Å². The smallest absolute Gasteiger partial charge is 0.416 e. The van der Waals surface area contributed by atoms with Gasteiger partial charge in [0.05, 0.1) is 5.56 Å². The molecule has 1 saturated heterocycles. The first-order valence-electron chi connectivity index (χ1n) is 11.5. The number of benzene rings is 3. The number of alkyl halides is 3. The second-order valence-corrected chi connectivity index (χ2v) is 8.88. The Hall–Kier alpha value is -3.43. The lowest BCUT2D eigenvalue weighted by Gasteiger charge is -2.36. The van der Waals surface area contributed by atoms with Crippen molar-refractivity contribution in [1.82, 2.24) is 9.80 Å². The van der Waals surface area contributed by atoms with E-state index in [-0.39, 0.29) is 12.3 Å². The highest BCUT2D eigenvalue weighted by Crippen LogP contribution is 2.30. The lowest BCUT2D eigenvalue weighted by Crippen LogP contribution is -2.47. The molecule has 0 bridgehead atoms. The Kier molecular flexibility index (Phi) is 8.22. The van der Waals surface area contributed by atoms with E-state index in [0.29, 0.717) is 5.75 Å². The van der Waals surface area contributed by atoms with Gasteiger partial charge in [0.2, 0.25) is 0 Å². The topological polar surface area (TPSA) is 44.8 Å². The Bertz CT molecular complexity index is 1180. The number of rotatable bonds is 7. The minimum absolute atomic E-state index is 0.0583. The van der Waals surface area contributed by atoms with Crippen molar-refractivity contribution in [2.75, 3.05) is 38.1 Å². The lowest BCUT2D eigenvalue weighted by atomic mass is 10.1. The number of anilines is 1. The molecule has 9 heteroatoms. The fraction of sp³-hybridized carbons (Fsp3) is 0.259. The van der Waals surface area contributed by atoms with Gasteiger partial charge in [-0.2, -0.15) is 13.2 Å². The highest BCUT2D eigenvalue weighted by Gasteiger charge is 2.30. The summed E-state index contributed by atoms with van der Waals surface area (Å²) in [6, 6.07) is 22.0. The van der Waals surface area contributed by atoms with E-state index in [1.54, 1.807) is 12.1 Å². The molecule has 1 aliphatic heterocycles. The zero-order valence-corrected chi connectivity index (χ0v) is 20.3. The summed E-state index contributed by atoms with van der Waals surface area (Å²) in [5.74, 6) is -0.0873. The zero-order chi connectivity index (χ0) is 25.5. The summed E-state index contributed by atoms with van der Waals surface area (Å²) in [6.45, 7) is 4.14. The van der Waals surface area contributed by atoms with Gasteiger partial charge in [0.25, 0.3) is 5.91 Å². The number of carbonyl (C=O) groups is 1. The van der Waals surface area contributed by atoms with Gasteiger partial charge < -0.3 is 15.0 Å². The Balaban J connectivity index is 1.23. The molecule has 5 nitrogen and oxygen atoms in total. The van der Waals surface area contributed by atoms with E-state index in [1.165, 1.54) is 17.7 Å². The highest BCUT2D eigenvalue weighted by atomic mass is 32.1. The van der Waals surface area contributed by atoms with E-state index in [4.69, 9.17) is 17.0 Å². The summed E-state index contributed by atoms with van der Waals surface area (Å²) in [7, 11) is 0. The van der Waals surface area contributed by atoms with Crippen LogP contribution in [0.5, 0.6) is 5.75 Å². The molecule has 0 unspecified atom stereocenters. The average Bonchev–Trinajstić information content (AvgIpc) is 2.88. The van der Waals surface area contributed by atoms with E-state index in [2.05, 4.69) is 39.4 Å². The number of piperazine rings is 1. The predicted octanol–water partition coefficient (Wildman–Crippen LogP) is 5.22. The molecule has 3 aromatic rings. The van der Waals surface area contributed by atoms with Crippen LogP contribution in [0.1, 0.15) is 16.7 Å². The van der Waals surface area contributed by atoms with E-state index in [0.717, 1.165) is 55.4 Å². The largest absolute Gasteiger partial charge is 0.484 e. The third-order valence-corrected chi connectivity index (χ3v) is 6.35. The first-order chi connectivity index (χ1) is 17.3. The Labute approximate surface area is 213 Å². The molecular formula is C27H26F3N3O2S. The second kappa shape index (κ2) is 11.5. The summed E-state index contributed by atoms with van der Waals surface area (Å²) < 4.78 is 44.0. The fourth-order valence-corrected chi connectivity index (χ4v) is 4.26. The normalized spacial score (nSPS) is 14.4. The van der Waals surface area contributed by atoms with Crippen LogP contribution in [0.25, 0.3) is 0 Å². The number of halogens is 3. The van der Waals surface area contributed by atoms with Crippen LogP contribution in [-0.4, -0.2) is 53.5 Å². The third kappa shape index (κ3) is 7.05. The number of nitrogens with zero attached hydrogens (tertiary/aromatic N) is 2. The van der Waals surface area contributed by atoms with E-state index in [1.807, 2.05) is 18.2 Å². The zero-order valence-electron chi connectivity index (χ0n) is 19.5. The number of hydrogen-bond acceptors (Lipinski definition) is 4. The van der Waals surface area contributed by atoms with Gasteiger partial charge in [-0.25, -0.2) is 0 Å². The second-order valence-electron chi connectivity index (χ2n) is 8.49. The van der Waals surface area contributed by atoms with Gasteiger partial charge in [-0.3, -0.25) is 9.69 Å². The molecule has 4 rings (SSSR count). The summed E-state index contributed by atoms with van der Waals surface area (Å²) >= 11 is 5.69. The van der Waals surface area contributed by atoms with Crippen molar-refractivity contribution in [3.63, 3.8) is 0 Å². The Morgan fingerprint density at radius 3 is 2.28 bits per heavy atom. The molecule has 1 aliphatic rings. The Morgan fingerprint density at radius 2 is 1.61 bits per heavy atom. The van der Waals surface area contributed by atoms with Gasteiger partial charge in [0.15, 0.2) is 6.61 Å². The SMILES string of the molecule is O=C(COc1ccc(C(=S)N2CCN(Cc3ccccc3)CC2)cc1)Nc1cccc(C(F)(F)F)c1. The summed E-state index contributed by atoms with van der Waals surface area (Å²) in [5.41, 5.74) is 1.42. The quantitative estimate of drug-likeness (QED) is 0.439. The molecule has 36 heavy (non-hydrogen) atoms. The average molecular weight is 514 g/mol. The molecule has 0 aliphatic carbocycles. The standard InChI is InChI=1S/C27H26F3N3O2S/c28-27(29,30)22-7-4-8-23(17-22)31-25(34)19-35-24-11-9-21(10-12-24)26(36)33-15-13-32(14-16-33)18-20-5-2-1-3-6-20/h1-12,17H,13-16,18-19H2,(H,31,34). The fourth-order valence-electron chi connectivity index (χ4n) is 3.95. The van der Waals surface area contributed by atoms with Gasteiger partial charge in [-0.15, -0.1) is 0 Å². The molecule has 0 aromatic heterocycles. The van der Waals surface area contributed by atoms with Gasteiger partial charge in [-0.05, 0) is 48.0 Å². The Morgan fingerprint density at radius 1 is 0.917 bits per heavy atom. The van der Waals surface area contributed by atoms with Crippen LogP contribution in [0, 0.1) is 0 Å². The molecule has 0 atom stereocenters. The van der Waals surface area contributed by atoms with Crippen LogP contribution in [0.3, 0.4) is 0 Å². The van der Waals surface area contributed by atoms with Gasteiger partial charge in [0.1, 0.15) is 10.7 Å². The summed E-state index contributed by atoms with van der Waals surface area (Å²) in [5, 5.41) is 2.42. The van der Waals surface area contributed by atoms with Crippen molar-refractivity contribution in [2.45, 2.75) is 12.7 Å². The van der Waals surface area contributed by atoms with Crippen LogP contribution in [-0.2, 0) is 17.5 Å². The lowest BCUT2D eigenvalue weighted by molar-refractivity contribution is -0.137. The minimum Gasteiger partial charge on any atom is -0.484 e. The molecule has 3 aromatic carbocycles. The number of ether oxygens (including phenoxy) is 1. The van der Waals surface area contributed by atoms with Gasteiger partial charge >= 0.3 is 6.18 Å². The van der Waals surface area contributed by atoms with Crippen LogP contribution < -0.4 is 10.1 Å². The molecule has 0 radical (unpaired) electrons. The first-order valence-corrected chi connectivity index (χ1v) is 11.9. The van der Waals surface area contributed by atoms with Crippen molar-refractivity contribution in [2.24, 2.45) is 0 Å². The number of hydrogen-bond donors (Lipinski definition) is 1. The molecule has 1 amide bonds. The number of amides is 1. The summed E-state index contributed by atoms with van der Waals surface area (Å²) in [6.07, 6.45) is -4.48. The molecule has 0 spiro atoms. The molecule has 0 saturated carbocycles. The van der Waals surface area contributed by atoms with Gasteiger partial charge in [-0.1, -0.05) is 48.6 Å².